The third-order valence-corrected chi connectivity index (χ3v) is 6.99. The van der Waals surface area contributed by atoms with E-state index in [-0.39, 0.29) is 23.5 Å². The number of ether oxygens (including phenoxy) is 3. The molecule has 0 aliphatic carbocycles. The molecule has 9 heteroatoms. The molecule has 8 nitrogen and oxygen atoms in total. The molecular formula is C33H34ClNO7. The van der Waals surface area contributed by atoms with Gasteiger partial charge in [-0.25, -0.2) is 4.79 Å². The number of rotatable bonds is 9. The van der Waals surface area contributed by atoms with Gasteiger partial charge in [0.2, 0.25) is 0 Å². The zero-order valence-electron chi connectivity index (χ0n) is 24.2. The topological polar surface area (TPSA) is 102 Å². The minimum atomic E-state index is -1.15. The average Bonchev–Trinajstić information content (AvgIpc) is 3.05. The van der Waals surface area contributed by atoms with Gasteiger partial charge in [0.05, 0.1) is 14.2 Å². The number of benzene rings is 3. The number of nitrogens with zero attached hydrogens (tertiary/aromatic N) is 1. The number of para-hydroxylation sites is 1. The Kier molecular flexibility index (Phi) is 9.39. The van der Waals surface area contributed by atoms with E-state index >= 15 is 0 Å². The van der Waals surface area contributed by atoms with Gasteiger partial charge in [-0.1, -0.05) is 62.7 Å². The van der Waals surface area contributed by atoms with Gasteiger partial charge in [0, 0.05) is 46.4 Å². The number of amides is 1. The molecule has 42 heavy (non-hydrogen) atoms. The number of carboxylic acid groups (broad SMARTS) is 1. The maximum atomic E-state index is 14.2. The zero-order chi connectivity index (χ0) is 30.6. The number of ketones is 1. The maximum absolute atomic E-state index is 14.2. The van der Waals surface area contributed by atoms with Crippen molar-refractivity contribution in [3.63, 3.8) is 0 Å². The molecule has 3 aromatic rings. The van der Waals surface area contributed by atoms with E-state index in [9.17, 15) is 14.4 Å². The van der Waals surface area contributed by atoms with Crippen molar-refractivity contribution in [2.24, 2.45) is 5.41 Å². The van der Waals surface area contributed by atoms with Crippen LogP contribution in [0.1, 0.15) is 60.3 Å². The number of aliphatic carboxylic acids is 1. The number of fused-ring (bicyclic) bond motifs is 1. The fourth-order valence-corrected chi connectivity index (χ4v) is 5.15. The summed E-state index contributed by atoms with van der Waals surface area (Å²) < 4.78 is 17.8. The van der Waals surface area contributed by atoms with Gasteiger partial charge < -0.3 is 24.2 Å². The predicted molar refractivity (Wildman–Crippen MR) is 162 cm³/mol. The first-order valence-electron chi connectivity index (χ1n) is 13.4. The standard InChI is InChI=1S/C33H34ClNO7/c1-33(2,3)19-35-25-14-13-22(34)17-24(25)30(23-10-7-11-27(40-4)31(23)41-5)42-28(32(35)39)18-26(36)21-9-6-8-20(16-21)12-15-29(37)38/h6-17,28,30H,18-19H2,1-5H3,(H,37,38)/t28-,30-/m1/s1. The van der Waals surface area contributed by atoms with Gasteiger partial charge in [0.1, 0.15) is 12.2 Å². The second kappa shape index (κ2) is 12.8. The molecule has 1 aliphatic heterocycles. The van der Waals surface area contributed by atoms with E-state index < -0.39 is 18.2 Å². The van der Waals surface area contributed by atoms with E-state index in [1.165, 1.54) is 20.3 Å². The predicted octanol–water partition coefficient (Wildman–Crippen LogP) is 6.60. The van der Waals surface area contributed by atoms with Gasteiger partial charge in [-0.15, -0.1) is 0 Å². The number of halogens is 1. The van der Waals surface area contributed by atoms with Crippen molar-refractivity contribution in [3.05, 3.63) is 94.0 Å². The van der Waals surface area contributed by atoms with Crippen LogP contribution in [0.5, 0.6) is 11.5 Å². The molecule has 2 atom stereocenters. The summed E-state index contributed by atoms with van der Waals surface area (Å²) in [7, 11) is 3.07. The molecule has 3 aromatic carbocycles. The van der Waals surface area contributed by atoms with Crippen LogP contribution in [0.15, 0.2) is 66.7 Å². The number of methoxy groups -OCH3 is 2. The fourth-order valence-electron chi connectivity index (χ4n) is 4.97. The van der Waals surface area contributed by atoms with Gasteiger partial charge in [0.25, 0.3) is 5.91 Å². The van der Waals surface area contributed by atoms with Gasteiger partial charge in [-0.3, -0.25) is 9.59 Å². The molecule has 0 saturated heterocycles. The van der Waals surface area contributed by atoms with Crippen LogP contribution in [-0.4, -0.2) is 49.6 Å². The summed E-state index contributed by atoms with van der Waals surface area (Å²) in [6.07, 6.45) is 0.199. The number of carbonyl (C=O) groups excluding carboxylic acids is 2. The average molecular weight is 592 g/mol. The Hall–Kier alpha value is -4.14. The highest BCUT2D eigenvalue weighted by Gasteiger charge is 2.40. The van der Waals surface area contributed by atoms with Crippen molar-refractivity contribution in [1.82, 2.24) is 0 Å². The lowest BCUT2D eigenvalue weighted by atomic mass is 9.94. The van der Waals surface area contributed by atoms with E-state index in [1.807, 2.05) is 26.8 Å². The van der Waals surface area contributed by atoms with Crippen molar-refractivity contribution in [3.8, 4) is 11.5 Å². The molecule has 0 radical (unpaired) electrons. The highest BCUT2D eigenvalue weighted by molar-refractivity contribution is 6.30. The molecule has 0 aromatic heterocycles. The largest absolute Gasteiger partial charge is 0.493 e. The molecule has 0 fully saturated rings. The quantitative estimate of drug-likeness (QED) is 0.221. The van der Waals surface area contributed by atoms with Gasteiger partial charge in [0.15, 0.2) is 17.3 Å². The Morgan fingerprint density at radius 2 is 1.76 bits per heavy atom. The van der Waals surface area contributed by atoms with Gasteiger partial charge in [-0.2, -0.15) is 0 Å². The summed E-state index contributed by atoms with van der Waals surface area (Å²) in [5.74, 6) is -0.844. The van der Waals surface area contributed by atoms with Crippen LogP contribution in [0.4, 0.5) is 5.69 Å². The normalized spacial score (nSPS) is 17.1. The van der Waals surface area contributed by atoms with Crippen LogP contribution < -0.4 is 14.4 Å². The highest BCUT2D eigenvalue weighted by atomic mass is 35.5. The van der Waals surface area contributed by atoms with Crippen LogP contribution >= 0.6 is 11.6 Å². The van der Waals surface area contributed by atoms with Crippen molar-refractivity contribution >= 4 is 41.0 Å². The first kappa shape index (κ1) is 30.8. The van der Waals surface area contributed by atoms with E-state index in [0.717, 1.165) is 6.08 Å². The second-order valence-corrected chi connectivity index (χ2v) is 11.6. The summed E-state index contributed by atoms with van der Waals surface area (Å²) in [4.78, 5) is 40.4. The molecule has 1 aliphatic rings. The van der Waals surface area contributed by atoms with Crippen molar-refractivity contribution in [2.75, 3.05) is 25.7 Å². The fraction of sp³-hybridized carbons (Fsp3) is 0.303. The van der Waals surface area contributed by atoms with Gasteiger partial charge >= 0.3 is 5.97 Å². The number of hydrogen-bond acceptors (Lipinski definition) is 6. The Morgan fingerprint density at radius 3 is 2.43 bits per heavy atom. The minimum Gasteiger partial charge on any atom is -0.493 e. The first-order chi connectivity index (χ1) is 19.9. The van der Waals surface area contributed by atoms with Crippen LogP contribution in [0, 0.1) is 5.41 Å². The minimum absolute atomic E-state index is 0.240. The second-order valence-electron chi connectivity index (χ2n) is 11.2. The number of Topliss-reactive ketones (excluding diaryl/α,β-unsaturated/α-hetero) is 1. The SMILES string of the molecule is COc1cccc([C@H]2O[C@H](CC(=O)c3cccc(C=CC(=O)O)c3)C(=O)N(CC(C)(C)C)c3ccc(Cl)cc32)c1OC. The maximum Gasteiger partial charge on any atom is 0.328 e. The van der Waals surface area contributed by atoms with E-state index in [4.69, 9.17) is 30.9 Å². The summed E-state index contributed by atoms with van der Waals surface area (Å²) >= 11 is 6.48. The Morgan fingerprint density at radius 1 is 1.02 bits per heavy atom. The summed E-state index contributed by atoms with van der Waals surface area (Å²) in [5, 5.41) is 9.44. The van der Waals surface area contributed by atoms with Crippen molar-refractivity contribution in [2.45, 2.75) is 39.4 Å². The first-order valence-corrected chi connectivity index (χ1v) is 13.8. The Balaban J connectivity index is 1.83. The monoisotopic (exact) mass is 591 g/mol. The summed E-state index contributed by atoms with van der Waals surface area (Å²) in [6, 6.07) is 17.3. The van der Waals surface area contributed by atoms with Crippen molar-refractivity contribution in [1.29, 1.82) is 0 Å². The number of carboxylic acids is 1. The number of carbonyl (C=O) groups is 3. The Bertz CT molecular complexity index is 1530. The van der Waals surface area contributed by atoms with E-state index in [1.54, 1.807) is 59.5 Å². The molecule has 0 unspecified atom stereocenters. The molecule has 1 heterocycles. The van der Waals surface area contributed by atoms with Crippen LogP contribution in [-0.2, 0) is 14.3 Å². The van der Waals surface area contributed by atoms with Crippen LogP contribution in [0.2, 0.25) is 5.02 Å². The number of anilines is 1. The molecule has 220 valence electrons. The highest BCUT2D eigenvalue weighted by Crippen LogP contribution is 2.45. The molecule has 4 rings (SSSR count). The van der Waals surface area contributed by atoms with E-state index in [0.29, 0.717) is 51.0 Å². The third kappa shape index (κ3) is 7.01. The lowest BCUT2D eigenvalue weighted by molar-refractivity contribution is -0.132. The van der Waals surface area contributed by atoms with Crippen LogP contribution in [0.25, 0.3) is 6.08 Å². The number of hydrogen-bond donors (Lipinski definition) is 1. The molecule has 0 saturated carbocycles. The zero-order valence-corrected chi connectivity index (χ0v) is 25.0. The van der Waals surface area contributed by atoms with Gasteiger partial charge in [-0.05, 0) is 47.4 Å². The lowest BCUT2D eigenvalue weighted by Crippen LogP contribution is -2.44. The summed E-state index contributed by atoms with van der Waals surface area (Å²) in [6.45, 7) is 6.45. The smallest absolute Gasteiger partial charge is 0.328 e. The van der Waals surface area contributed by atoms with E-state index in [2.05, 4.69) is 0 Å². The third-order valence-electron chi connectivity index (χ3n) is 6.75. The molecular weight excluding hydrogens is 558 g/mol. The molecule has 1 N–H and O–H groups in total. The lowest BCUT2D eigenvalue weighted by Gasteiger charge is -2.31. The van der Waals surface area contributed by atoms with Crippen LogP contribution in [0.3, 0.4) is 0 Å². The molecule has 0 bridgehead atoms. The van der Waals surface area contributed by atoms with Crippen molar-refractivity contribution < 1.29 is 33.7 Å². The summed E-state index contributed by atoms with van der Waals surface area (Å²) in [5.41, 5.74) is 2.50. The Labute approximate surface area is 250 Å². The molecule has 1 amide bonds. The molecule has 0 spiro atoms.